The van der Waals surface area contributed by atoms with Crippen molar-refractivity contribution >= 4 is 5.82 Å². The first kappa shape index (κ1) is 9.65. The molecular weight excluding hydrogens is 191 g/mol. The van der Waals surface area contributed by atoms with Crippen LogP contribution in [0.15, 0.2) is 36.4 Å². The summed E-state index contributed by atoms with van der Waals surface area (Å²) in [7, 11) is 0. The molecule has 3 heteroatoms. The number of hydrogen-bond acceptors (Lipinski definition) is 2. The van der Waals surface area contributed by atoms with E-state index in [9.17, 15) is 4.39 Å². The van der Waals surface area contributed by atoms with Crippen LogP contribution in [0.1, 0.15) is 5.69 Å². The summed E-state index contributed by atoms with van der Waals surface area (Å²) in [4.78, 5) is 4.10. The summed E-state index contributed by atoms with van der Waals surface area (Å²) in [5.41, 5.74) is 7.61. The molecule has 0 aliphatic rings. The highest BCUT2D eigenvalue weighted by atomic mass is 19.1. The third kappa shape index (κ3) is 1.81. The van der Waals surface area contributed by atoms with Gasteiger partial charge >= 0.3 is 0 Å². The number of benzene rings is 1. The van der Waals surface area contributed by atoms with Gasteiger partial charge in [0.05, 0.1) is 0 Å². The lowest BCUT2D eigenvalue weighted by Crippen LogP contribution is -1.95. The van der Waals surface area contributed by atoms with Crippen LogP contribution in [0.2, 0.25) is 0 Å². The van der Waals surface area contributed by atoms with Crippen molar-refractivity contribution in [1.82, 2.24) is 4.98 Å². The van der Waals surface area contributed by atoms with E-state index in [1.165, 1.54) is 6.07 Å². The molecule has 1 heterocycles. The van der Waals surface area contributed by atoms with Gasteiger partial charge in [-0.05, 0) is 25.1 Å². The summed E-state index contributed by atoms with van der Waals surface area (Å²) in [6.45, 7) is 1.82. The zero-order chi connectivity index (χ0) is 10.8. The number of anilines is 1. The first-order valence-corrected chi connectivity index (χ1v) is 4.66. The average Bonchev–Trinajstić information content (AvgIpc) is 2.20. The number of aryl methyl sites for hydroxylation is 1. The van der Waals surface area contributed by atoms with Gasteiger partial charge < -0.3 is 5.73 Å². The van der Waals surface area contributed by atoms with E-state index in [4.69, 9.17) is 5.73 Å². The molecule has 0 bridgehead atoms. The van der Waals surface area contributed by atoms with Gasteiger partial charge in [-0.1, -0.05) is 18.2 Å². The number of nitrogens with two attached hydrogens (primary N) is 1. The zero-order valence-electron chi connectivity index (χ0n) is 8.37. The molecule has 76 valence electrons. The van der Waals surface area contributed by atoms with Gasteiger partial charge in [0.1, 0.15) is 11.6 Å². The molecule has 2 N–H and O–H groups in total. The molecule has 0 aliphatic carbocycles. The Hall–Kier alpha value is -1.90. The van der Waals surface area contributed by atoms with Gasteiger partial charge in [-0.25, -0.2) is 9.37 Å². The Morgan fingerprint density at radius 3 is 2.47 bits per heavy atom. The number of pyridine rings is 1. The van der Waals surface area contributed by atoms with E-state index in [-0.39, 0.29) is 5.82 Å². The van der Waals surface area contributed by atoms with E-state index >= 15 is 0 Å². The number of halogens is 1. The summed E-state index contributed by atoms with van der Waals surface area (Å²) >= 11 is 0. The van der Waals surface area contributed by atoms with Crippen LogP contribution in [0, 0.1) is 12.7 Å². The molecule has 1 aromatic heterocycles. The van der Waals surface area contributed by atoms with Crippen molar-refractivity contribution in [3.63, 3.8) is 0 Å². The average molecular weight is 202 g/mol. The maximum absolute atomic E-state index is 13.5. The summed E-state index contributed by atoms with van der Waals surface area (Å²) < 4.78 is 13.5. The van der Waals surface area contributed by atoms with Gasteiger partial charge in [0.15, 0.2) is 0 Å². The minimum atomic E-state index is -0.243. The topological polar surface area (TPSA) is 38.9 Å². The van der Waals surface area contributed by atoms with Crippen molar-refractivity contribution < 1.29 is 4.39 Å². The van der Waals surface area contributed by atoms with Crippen LogP contribution < -0.4 is 5.73 Å². The fourth-order valence-electron chi connectivity index (χ4n) is 1.54. The molecule has 2 nitrogen and oxygen atoms in total. The van der Waals surface area contributed by atoms with Crippen molar-refractivity contribution in [1.29, 1.82) is 0 Å². The molecule has 15 heavy (non-hydrogen) atoms. The maximum atomic E-state index is 13.5. The molecule has 2 rings (SSSR count). The second-order valence-electron chi connectivity index (χ2n) is 3.35. The Morgan fingerprint density at radius 1 is 1.07 bits per heavy atom. The quantitative estimate of drug-likeness (QED) is 0.772. The Bertz CT molecular complexity index is 495. The molecule has 0 amide bonds. The van der Waals surface area contributed by atoms with Gasteiger partial charge in [-0.3, -0.25) is 0 Å². The van der Waals surface area contributed by atoms with Crippen molar-refractivity contribution in [2.75, 3.05) is 5.73 Å². The fraction of sp³-hybridized carbons (Fsp3) is 0.0833. The van der Waals surface area contributed by atoms with Gasteiger partial charge in [0.25, 0.3) is 0 Å². The first-order chi connectivity index (χ1) is 7.18. The second-order valence-corrected chi connectivity index (χ2v) is 3.35. The van der Waals surface area contributed by atoms with Crippen LogP contribution in [0.3, 0.4) is 0 Å². The molecule has 0 radical (unpaired) electrons. The van der Waals surface area contributed by atoms with Gasteiger partial charge in [0, 0.05) is 16.8 Å². The molecule has 2 aromatic rings. The van der Waals surface area contributed by atoms with Crippen LogP contribution in [-0.4, -0.2) is 4.98 Å². The van der Waals surface area contributed by atoms with Gasteiger partial charge in [-0.2, -0.15) is 0 Å². The predicted octanol–water partition coefficient (Wildman–Crippen LogP) is 2.78. The maximum Gasteiger partial charge on any atom is 0.131 e. The molecule has 0 saturated carbocycles. The first-order valence-electron chi connectivity index (χ1n) is 4.66. The normalized spacial score (nSPS) is 10.3. The molecular formula is C12H11FN2. The highest BCUT2D eigenvalue weighted by Crippen LogP contribution is 2.25. The van der Waals surface area contributed by atoms with E-state index in [2.05, 4.69) is 4.98 Å². The highest BCUT2D eigenvalue weighted by Gasteiger charge is 2.07. The Labute approximate surface area is 87.6 Å². The molecule has 1 aromatic carbocycles. The second kappa shape index (κ2) is 3.69. The van der Waals surface area contributed by atoms with Gasteiger partial charge in [0.2, 0.25) is 0 Å². The Morgan fingerprint density at radius 2 is 1.80 bits per heavy atom. The summed E-state index contributed by atoms with van der Waals surface area (Å²) in [5, 5.41) is 0. The molecule has 0 saturated heterocycles. The highest BCUT2D eigenvalue weighted by molar-refractivity contribution is 5.67. The summed E-state index contributed by atoms with van der Waals surface area (Å²) in [6.07, 6.45) is 0. The lowest BCUT2D eigenvalue weighted by Gasteiger charge is -2.06. The van der Waals surface area contributed by atoms with Crippen LogP contribution in [0.25, 0.3) is 11.1 Å². The SMILES string of the molecule is Cc1nc(N)ccc1-c1ccccc1F. The van der Waals surface area contributed by atoms with Gasteiger partial charge in [-0.15, -0.1) is 0 Å². The van der Waals surface area contributed by atoms with Crippen LogP contribution >= 0.6 is 0 Å². The third-order valence-corrected chi connectivity index (χ3v) is 2.27. The van der Waals surface area contributed by atoms with Crippen molar-refractivity contribution in [3.8, 4) is 11.1 Å². The predicted molar refractivity (Wildman–Crippen MR) is 58.8 cm³/mol. The minimum absolute atomic E-state index is 0.243. The third-order valence-electron chi connectivity index (χ3n) is 2.27. The largest absolute Gasteiger partial charge is 0.384 e. The smallest absolute Gasteiger partial charge is 0.131 e. The van der Waals surface area contributed by atoms with E-state index in [0.29, 0.717) is 11.4 Å². The molecule has 0 unspecified atom stereocenters. The van der Waals surface area contributed by atoms with Crippen LogP contribution in [0.4, 0.5) is 10.2 Å². The zero-order valence-corrected chi connectivity index (χ0v) is 8.37. The number of nitrogen functional groups attached to an aromatic ring is 1. The fourth-order valence-corrected chi connectivity index (χ4v) is 1.54. The number of nitrogens with zero attached hydrogens (tertiary/aromatic N) is 1. The standard InChI is InChI=1S/C12H11FN2/c1-8-9(6-7-12(14)15-8)10-4-2-3-5-11(10)13/h2-7H,1H3,(H2,14,15). The van der Waals surface area contributed by atoms with Crippen LogP contribution in [-0.2, 0) is 0 Å². The van der Waals surface area contributed by atoms with E-state index < -0.39 is 0 Å². The van der Waals surface area contributed by atoms with Crippen LogP contribution in [0.5, 0.6) is 0 Å². The summed E-state index contributed by atoms with van der Waals surface area (Å²) in [5.74, 6) is 0.208. The Kier molecular flexibility index (Phi) is 2.37. The Balaban J connectivity index is 2.60. The number of aromatic nitrogens is 1. The number of rotatable bonds is 1. The molecule has 0 spiro atoms. The van der Waals surface area contributed by atoms with Crippen molar-refractivity contribution in [2.24, 2.45) is 0 Å². The van der Waals surface area contributed by atoms with Crippen molar-refractivity contribution in [2.45, 2.75) is 6.92 Å². The molecule has 0 atom stereocenters. The van der Waals surface area contributed by atoms with Crippen molar-refractivity contribution in [3.05, 3.63) is 47.9 Å². The number of hydrogen-bond donors (Lipinski definition) is 1. The van der Waals surface area contributed by atoms with E-state index in [1.54, 1.807) is 30.3 Å². The summed E-state index contributed by atoms with van der Waals surface area (Å²) in [6, 6.07) is 10.1. The lowest BCUT2D eigenvalue weighted by molar-refractivity contribution is 0.631. The molecule has 0 fully saturated rings. The lowest BCUT2D eigenvalue weighted by atomic mass is 10.0. The van der Waals surface area contributed by atoms with E-state index in [1.807, 2.05) is 6.92 Å². The minimum Gasteiger partial charge on any atom is -0.384 e. The molecule has 0 aliphatic heterocycles. The monoisotopic (exact) mass is 202 g/mol. The van der Waals surface area contributed by atoms with E-state index in [0.717, 1.165) is 11.3 Å².